The third-order valence-corrected chi connectivity index (χ3v) is 5.48. The molecule has 2 heterocycles. The Labute approximate surface area is 152 Å². The van der Waals surface area contributed by atoms with E-state index in [0.717, 1.165) is 11.5 Å². The summed E-state index contributed by atoms with van der Waals surface area (Å²) in [6.07, 6.45) is 7.39. The minimum Gasteiger partial charge on any atom is -0.385 e. The minimum absolute atomic E-state index is 0.648. The van der Waals surface area contributed by atoms with Crippen molar-refractivity contribution in [3.8, 4) is 0 Å². The number of nitrogens with zero attached hydrogens (tertiary/aromatic N) is 1. The van der Waals surface area contributed by atoms with Crippen molar-refractivity contribution in [3.63, 3.8) is 0 Å². The highest BCUT2D eigenvalue weighted by Crippen LogP contribution is 2.32. The largest absolute Gasteiger partial charge is 0.385 e. The van der Waals surface area contributed by atoms with Crippen molar-refractivity contribution in [3.05, 3.63) is 41.0 Å². The summed E-state index contributed by atoms with van der Waals surface area (Å²) >= 11 is 0. The normalized spacial score (nSPS) is 23.8. The van der Waals surface area contributed by atoms with Crippen molar-refractivity contribution in [2.24, 2.45) is 5.92 Å². The zero-order valence-corrected chi connectivity index (χ0v) is 15.8. The molecule has 0 bridgehead atoms. The average Bonchev–Trinajstić information content (AvgIpc) is 2.81. The van der Waals surface area contributed by atoms with Gasteiger partial charge in [0.2, 0.25) is 0 Å². The Morgan fingerprint density at radius 1 is 1.12 bits per heavy atom. The molecule has 0 amide bonds. The van der Waals surface area contributed by atoms with E-state index in [4.69, 9.17) is 4.74 Å². The molecule has 1 aromatic rings. The van der Waals surface area contributed by atoms with Gasteiger partial charge in [-0.2, -0.15) is 0 Å². The van der Waals surface area contributed by atoms with Gasteiger partial charge in [0.15, 0.2) is 0 Å². The van der Waals surface area contributed by atoms with Gasteiger partial charge in [0.25, 0.3) is 0 Å². The number of aliphatic hydroxyl groups is 1. The van der Waals surface area contributed by atoms with Gasteiger partial charge in [-0.3, -0.25) is 0 Å². The molecule has 0 saturated carbocycles. The number of hydrogen-bond acceptors (Lipinski definition) is 3. The van der Waals surface area contributed by atoms with E-state index in [0.29, 0.717) is 26.1 Å². The van der Waals surface area contributed by atoms with Crippen molar-refractivity contribution < 1.29 is 9.84 Å². The molecule has 3 heteroatoms. The summed E-state index contributed by atoms with van der Waals surface area (Å²) in [7, 11) is 0. The van der Waals surface area contributed by atoms with Gasteiger partial charge in [0, 0.05) is 39.1 Å². The summed E-state index contributed by atoms with van der Waals surface area (Å²) < 4.78 is 5.38. The Bertz CT molecular complexity index is 570. The molecule has 0 unspecified atom stereocenters. The quantitative estimate of drug-likeness (QED) is 0.889. The Balaban J connectivity index is 1.63. The maximum atomic E-state index is 10.8. The molecule has 2 fully saturated rings. The van der Waals surface area contributed by atoms with E-state index in [-0.39, 0.29) is 0 Å². The van der Waals surface area contributed by atoms with Gasteiger partial charge in [-0.15, -0.1) is 0 Å². The molecule has 0 aromatic heterocycles. The van der Waals surface area contributed by atoms with Gasteiger partial charge in [-0.05, 0) is 42.9 Å². The average molecular weight is 344 g/mol. The van der Waals surface area contributed by atoms with Gasteiger partial charge in [0.05, 0.1) is 5.60 Å². The van der Waals surface area contributed by atoms with E-state index in [1.807, 2.05) is 0 Å². The second kappa shape index (κ2) is 8.48. The van der Waals surface area contributed by atoms with Gasteiger partial charge in [-0.25, -0.2) is 0 Å². The molecule has 2 aliphatic heterocycles. The molecule has 1 aromatic carbocycles. The molecule has 1 N–H and O–H groups in total. The molecule has 3 nitrogen and oxygen atoms in total. The van der Waals surface area contributed by atoms with Crippen LogP contribution in [0, 0.1) is 5.92 Å². The van der Waals surface area contributed by atoms with E-state index in [1.54, 1.807) is 5.57 Å². The minimum atomic E-state index is -0.705. The maximum absolute atomic E-state index is 10.8. The highest BCUT2D eigenvalue weighted by molar-refractivity contribution is 5.53. The Kier molecular flexibility index (Phi) is 6.32. The lowest BCUT2D eigenvalue weighted by atomic mass is 9.86. The van der Waals surface area contributed by atoms with Crippen LogP contribution >= 0.6 is 0 Å². The summed E-state index contributed by atoms with van der Waals surface area (Å²) in [6, 6.07) is 8.51. The molecule has 25 heavy (non-hydrogen) atoms. The van der Waals surface area contributed by atoms with Crippen LogP contribution in [-0.4, -0.2) is 42.9 Å². The molecule has 2 aliphatic rings. The number of likely N-dealkylation sites (tertiary alicyclic amines) is 1. The fraction of sp³-hybridized carbons (Fsp3) is 0.636. The van der Waals surface area contributed by atoms with Crippen molar-refractivity contribution in [2.45, 2.75) is 51.6 Å². The van der Waals surface area contributed by atoms with Crippen LogP contribution < -0.4 is 0 Å². The zero-order chi connectivity index (χ0) is 17.7. The monoisotopic (exact) mass is 343 g/mol. The number of rotatable bonds is 4. The molecule has 0 radical (unpaired) electrons. The first kappa shape index (κ1) is 18.6. The summed E-state index contributed by atoms with van der Waals surface area (Å²) in [6.45, 7) is 9.52. The number of benzene rings is 1. The lowest BCUT2D eigenvalue weighted by Crippen LogP contribution is -2.33. The Hall–Kier alpha value is -1.16. The second-order valence-electron chi connectivity index (χ2n) is 8.12. The first-order chi connectivity index (χ1) is 12.0. The third kappa shape index (κ3) is 5.16. The second-order valence-corrected chi connectivity index (χ2v) is 8.12. The topological polar surface area (TPSA) is 32.7 Å². The van der Waals surface area contributed by atoms with Crippen LogP contribution in [0.25, 0.3) is 6.08 Å². The molecule has 0 spiro atoms. The van der Waals surface area contributed by atoms with Gasteiger partial charge < -0.3 is 14.7 Å². The summed E-state index contributed by atoms with van der Waals surface area (Å²) in [5.74, 6) is 0.745. The lowest BCUT2D eigenvalue weighted by Gasteiger charge is -2.32. The number of ether oxygens (including phenoxy) is 1. The Morgan fingerprint density at radius 3 is 2.52 bits per heavy atom. The molecular weight excluding hydrogens is 310 g/mol. The fourth-order valence-corrected chi connectivity index (χ4v) is 4.03. The van der Waals surface area contributed by atoms with E-state index < -0.39 is 5.60 Å². The molecule has 0 aliphatic carbocycles. The molecule has 0 atom stereocenters. The predicted octanol–water partition coefficient (Wildman–Crippen LogP) is 4.21. The summed E-state index contributed by atoms with van der Waals surface area (Å²) in [5, 5.41) is 10.8. The molecular formula is C22H33NO2. The fourth-order valence-electron chi connectivity index (χ4n) is 4.03. The first-order valence-corrected chi connectivity index (χ1v) is 9.88. The van der Waals surface area contributed by atoms with Crippen LogP contribution in [0.1, 0.15) is 57.1 Å². The van der Waals surface area contributed by atoms with Crippen LogP contribution in [-0.2, 0) is 10.3 Å². The lowest BCUT2D eigenvalue weighted by molar-refractivity contribution is -0.0679. The van der Waals surface area contributed by atoms with Crippen molar-refractivity contribution in [2.75, 3.05) is 32.8 Å². The predicted molar refractivity (Wildman–Crippen MR) is 103 cm³/mol. The maximum Gasteiger partial charge on any atom is 0.0940 e. The Morgan fingerprint density at radius 2 is 1.84 bits per heavy atom. The van der Waals surface area contributed by atoms with Gasteiger partial charge in [0.1, 0.15) is 0 Å². The molecule has 2 saturated heterocycles. The van der Waals surface area contributed by atoms with Crippen molar-refractivity contribution in [1.82, 2.24) is 4.90 Å². The van der Waals surface area contributed by atoms with Crippen LogP contribution in [0.15, 0.2) is 29.8 Å². The zero-order valence-electron chi connectivity index (χ0n) is 15.8. The van der Waals surface area contributed by atoms with Crippen molar-refractivity contribution >= 4 is 6.08 Å². The smallest absolute Gasteiger partial charge is 0.0940 e. The highest BCUT2D eigenvalue weighted by atomic mass is 16.5. The third-order valence-electron chi connectivity index (χ3n) is 5.48. The SMILES string of the molecule is CC(C)CN1CCCC(=Cc2ccc(C3(O)CCOCC3)cc2)CC1. The van der Waals surface area contributed by atoms with E-state index in [9.17, 15) is 5.11 Å². The van der Waals surface area contributed by atoms with Gasteiger partial charge >= 0.3 is 0 Å². The van der Waals surface area contributed by atoms with Crippen LogP contribution in [0.2, 0.25) is 0 Å². The van der Waals surface area contributed by atoms with Crippen LogP contribution in [0.3, 0.4) is 0 Å². The van der Waals surface area contributed by atoms with E-state index >= 15 is 0 Å². The van der Waals surface area contributed by atoms with E-state index in [2.05, 4.69) is 49.1 Å². The van der Waals surface area contributed by atoms with Crippen LogP contribution in [0.5, 0.6) is 0 Å². The standard InChI is InChI=1S/C22H33NO2/c1-18(2)17-23-12-3-4-19(9-13-23)16-20-5-7-21(8-6-20)22(24)10-14-25-15-11-22/h5-8,16,18,24H,3-4,9-15,17H2,1-2H3. The van der Waals surface area contributed by atoms with Gasteiger partial charge in [-0.1, -0.05) is 49.8 Å². The van der Waals surface area contributed by atoms with Crippen LogP contribution in [0.4, 0.5) is 0 Å². The van der Waals surface area contributed by atoms with Crippen molar-refractivity contribution in [1.29, 1.82) is 0 Å². The first-order valence-electron chi connectivity index (χ1n) is 9.88. The molecule has 138 valence electrons. The summed E-state index contributed by atoms with van der Waals surface area (Å²) in [5.41, 5.74) is 3.14. The van der Waals surface area contributed by atoms with E-state index in [1.165, 1.54) is 44.5 Å². The number of hydrogen-bond donors (Lipinski definition) is 1. The summed E-state index contributed by atoms with van der Waals surface area (Å²) in [4.78, 5) is 2.61. The molecule has 3 rings (SSSR count). The highest BCUT2D eigenvalue weighted by Gasteiger charge is 2.31.